The van der Waals surface area contributed by atoms with E-state index < -0.39 is 16.6 Å². The lowest BCUT2D eigenvalue weighted by atomic mass is 9.43. The maximum absolute atomic E-state index is 12.0. The van der Waals surface area contributed by atoms with Gasteiger partial charge in [-0.1, -0.05) is 34.6 Å². The van der Waals surface area contributed by atoms with Crippen molar-refractivity contribution in [3.8, 4) is 0 Å². The van der Waals surface area contributed by atoms with E-state index in [1.807, 2.05) is 0 Å². The molecule has 0 amide bonds. The van der Waals surface area contributed by atoms with Crippen molar-refractivity contribution in [2.45, 2.75) is 149 Å². The molecule has 0 radical (unpaired) electrons. The molecule has 0 spiro atoms. The molecule has 0 aromatic carbocycles. The SMILES string of the molecule is CC[Si](C)(C)O[C@@H]1CC[C@@]2(C)[C@@H](CC[C@@H]3[C@@H]2C[C@H](O[Si](C)(C)CC)[C@]2(C)[C@@H]([C@H](C)CCC(=O)OC)CC[C@@H]32)C1. The van der Waals surface area contributed by atoms with Crippen LogP contribution in [0.5, 0.6) is 0 Å². The molecule has 6 heteroatoms. The van der Waals surface area contributed by atoms with E-state index in [1.54, 1.807) is 0 Å². The van der Waals surface area contributed by atoms with Crippen molar-refractivity contribution in [1.82, 2.24) is 0 Å². The molecule has 4 saturated carbocycles. The van der Waals surface area contributed by atoms with Crippen LogP contribution in [0.4, 0.5) is 0 Å². The highest BCUT2D eigenvalue weighted by Gasteiger charge is 2.64. The minimum Gasteiger partial charge on any atom is -0.469 e. The molecule has 0 aromatic heterocycles. The molecule has 0 aromatic rings. The number of ether oxygens (including phenoxy) is 1. The van der Waals surface area contributed by atoms with Crippen LogP contribution in [-0.4, -0.2) is 41.9 Å². The number of esters is 1. The first-order valence-corrected chi connectivity index (χ1v) is 22.9. The van der Waals surface area contributed by atoms with Gasteiger partial charge >= 0.3 is 5.97 Å². The van der Waals surface area contributed by atoms with Crippen LogP contribution < -0.4 is 0 Å². The van der Waals surface area contributed by atoms with Crippen LogP contribution in [0.25, 0.3) is 0 Å². The Bertz CT molecular complexity index is 861. The van der Waals surface area contributed by atoms with E-state index in [0.29, 0.717) is 35.9 Å². The van der Waals surface area contributed by atoms with Crippen molar-refractivity contribution in [2.75, 3.05) is 7.11 Å². The molecule has 0 saturated heterocycles. The van der Waals surface area contributed by atoms with Crippen molar-refractivity contribution >= 4 is 22.6 Å². The van der Waals surface area contributed by atoms with E-state index in [9.17, 15) is 4.79 Å². The fourth-order valence-corrected chi connectivity index (χ4v) is 12.6. The quantitative estimate of drug-likeness (QED) is 0.192. The second kappa shape index (κ2) is 11.8. The molecule has 0 aliphatic heterocycles. The third-order valence-electron chi connectivity index (χ3n) is 13.1. The molecular formula is C33H62O4Si2. The highest BCUT2D eigenvalue weighted by atomic mass is 28.4. The number of fused-ring (bicyclic) bond motifs is 5. The molecule has 0 unspecified atom stereocenters. The van der Waals surface area contributed by atoms with Gasteiger partial charge in [-0.25, -0.2) is 0 Å². The number of rotatable bonds is 10. The Morgan fingerprint density at radius 2 is 1.56 bits per heavy atom. The Labute approximate surface area is 243 Å². The van der Waals surface area contributed by atoms with Gasteiger partial charge in [0.1, 0.15) is 0 Å². The minimum atomic E-state index is -1.73. The maximum atomic E-state index is 12.0. The summed E-state index contributed by atoms with van der Waals surface area (Å²) in [7, 11) is -1.74. The molecular weight excluding hydrogens is 517 g/mol. The van der Waals surface area contributed by atoms with E-state index in [2.05, 4.69) is 60.8 Å². The number of methoxy groups -OCH3 is 1. The molecule has 4 aliphatic carbocycles. The Kier molecular flexibility index (Phi) is 9.64. The third-order valence-corrected chi connectivity index (χ3v) is 18.4. The zero-order chi connectivity index (χ0) is 28.8. The summed E-state index contributed by atoms with van der Waals surface area (Å²) in [5.41, 5.74) is 0.645. The predicted molar refractivity (Wildman–Crippen MR) is 167 cm³/mol. The molecule has 4 fully saturated rings. The van der Waals surface area contributed by atoms with E-state index in [0.717, 1.165) is 30.1 Å². The molecule has 0 bridgehead atoms. The Hall–Kier alpha value is -0.176. The highest BCUT2D eigenvalue weighted by Crippen LogP contribution is 2.69. The second-order valence-corrected chi connectivity index (χ2v) is 24.8. The first kappa shape index (κ1) is 31.8. The second-order valence-electron chi connectivity index (χ2n) is 15.9. The topological polar surface area (TPSA) is 44.8 Å². The largest absolute Gasteiger partial charge is 0.469 e. The van der Waals surface area contributed by atoms with Crippen molar-refractivity contribution in [3.05, 3.63) is 0 Å². The highest BCUT2D eigenvalue weighted by molar-refractivity contribution is 6.71. The van der Waals surface area contributed by atoms with Crippen molar-refractivity contribution < 1.29 is 18.4 Å². The first-order valence-electron chi connectivity index (χ1n) is 16.6. The number of hydrogen-bond acceptors (Lipinski definition) is 4. The van der Waals surface area contributed by atoms with E-state index in [4.69, 9.17) is 13.6 Å². The summed E-state index contributed by atoms with van der Waals surface area (Å²) in [4.78, 5) is 12.0. The molecule has 39 heavy (non-hydrogen) atoms. The van der Waals surface area contributed by atoms with Crippen LogP contribution in [0.2, 0.25) is 38.3 Å². The summed E-state index contributed by atoms with van der Waals surface area (Å²) >= 11 is 0. The van der Waals surface area contributed by atoms with Gasteiger partial charge in [-0.3, -0.25) is 4.79 Å². The van der Waals surface area contributed by atoms with Gasteiger partial charge in [-0.05, 0) is 142 Å². The molecule has 4 aliphatic rings. The third kappa shape index (κ3) is 6.15. The fourth-order valence-electron chi connectivity index (χ4n) is 10.1. The van der Waals surface area contributed by atoms with Crippen LogP contribution in [0, 0.1) is 46.3 Å². The van der Waals surface area contributed by atoms with E-state index in [1.165, 1.54) is 70.6 Å². The molecule has 4 nitrogen and oxygen atoms in total. The molecule has 226 valence electrons. The van der Waals surface area contributed by atoms with Crippen LogP contribution >= 0.6 is 0 Å². The summed E-state index contributed by atoms with van der Waals surface area (Å²) in [6.45, 7) is 22.1. The summed E-state index contributed by atoms with van der Waals surface area (Å²) in [5, 5.41) is 0. The van der Waals surface area contributed by atoms with E-state index >= 15 is 0 Å². The lowest BCUT2D eigenvalue weighted by Gasteiger charge is -2.64. The van der Waals surface area contributed by atoms with Crippen molar-refractivity contribution in [2.24, 2.45) is 46.3 Å². The van der Waals surface area contributed by atoms with Crippen LogP contribution in [0.15, 0.2) is 0 Å². The van der Waals surface area contributed by atoms with Crippen LogP contribution in [0.3, 0.4) is 0 Å². The molecule has 4 rings (SSSR count). The summed E-state index contributed by atoms with van der Waals surface area (Å²) in [6, 6.07) is 2.39. The number of carbonyl (C=O) groups is 1. The van der Waals surface area contributed by atoms with Crippen LogP contribution in [0.1, 0.15) is 98.8 Å². The lowest BCUT2D eigenvalue weighted by molar-refractivity contribution is -0.169. The van der Waals surface area contributed by atoms with Gasteiger partial charge < -0.3 is 13.6 Å². The Balaban J connectivity index is 1.59. The van der Waals surface area contributed by atoms with Gasteiger partial charge in [-0.15, -0.1) is 0 Å². The van der Waals surface area contributed by atoms with Gasteiger partial charge in [0.2, 0.25) is 0 Å². The smallest absolute Gasteiger partial charge is 0.305 e. The van der Waals surface area contributed by atoms with Gasteiger partial charge in [0.05, 0.1) is 13.2 Å². The van der Waals surface area contributed by atoms with Crippen molar-refractivity contribution in [3.63, 3.8) is 0 Å². The number of hydrogen-bond donors (Lipinski definition) is 0. The zero-order valence-corrected chi connectivity index (χ0v) is 29.2. The molecule has 0 N–H and O–H groups in total. The normalized spacial score (nSPS) is 41.3. The Morgan fingerprint density at radius 1 is 0.897 bits per heavy atom. The van der Waals surface area contributed by atoms with Crippen LogP contribution in [-0.2, 0) is 18.4 Å². The summed E-state index contributed by atoms with van der Waals surface area (Å²) in [6.07, 6.45) is 12.9. The molecule has 10 atom stereocenters. The number of carbonyl (C=O) groups excluding carboxylic acids is 1. The summed E-state index contributed by atoms with van der Waals surface area (Å²) in [5.74, 6) is 4.27. The average molecular weight is 579 g/mol. The van der Waals surface area contributed by atoms with Gasteiger partial charge in [0, 0.05) is 12.5 Å². The van der Waals surface area contributed by atoms with Gasteiger partial charge in [0.25, 0.3) is 0 Å². The summed E-state index contributed by atoms with van der Waals surface area (Å²) < 4.78 is 19.2. The predicted octanol–water partition coefficient (Wildman–Crippen LogP) is 9.06. The zero-order valence-electron chi connectivity index (χ0n) is 27.2. The minimum absolute atomic E-state index is 0.0617. The first-order chi connectivity index (χ1) is 18.2. The standard InChI is InChI=1S/C33H62O4Si2/c1-11-38(7,8)36-25-19-20-32(4)24(21-25)14-15-26-28-17-16-27(23(3)13-18-31(34)35-6)33(28,5)30(22-29(26)32)37-39(9,10)12-2/h23-30H,11-22H2,1-10H3/t23-,24+,25-,26+,27-,28+,29+,30+,32+,33-/m1/s1. The maximum Gasteiger partial charge on any atom is 0.305 e. The lowest BCUT2D eigenvalue weighted by Crippen LogP contribution is -2.61. The average Bonchev–Trinajstić information content (AvgIpc) is 3.26. The fraction of sp³-hybridized carbons (Fsp3) is 0.970. The van der Waals surface area contributed by atoms with Gasteiger partial charge in [0.15, 0.2) is 16.6 Å². The van der Waals surface area contributed by atoms with Gasteiger partial charge in [-0.2, -0.15) is 0 Å². The van der Waals surface area contributed by atoms with E-state index in [-0.39, 0.29) is 11.4 Å². The monoisotopic (exact) mass is 578 g/mol. The van der Waals surface area contributed by atoms with Crippen molar-refractivity contribution in [1.29, 1.82) is 0 Å². The Morgan fingerprint density at radius 3 is 2.21 bits per heavy atom. The molecule has 0 heterocycles.